The first-order valence-corrected chi connectivity index (χ1v) is 7.30. The average Bonchev–Trinajstić information content (AvgIpc) is 2.61. The molecule has 0 radical (unpaired) electrons. The van der Waals surface area contributed by atoms with Crippen LogP contribution in [-0.4, -0.2) is 27.2 Å². The van der Waals surface area contributed by atoms with Gasteiger partial charge < -0.3 is 5.32 Å². The van der Waals surface area contributed by atoms with E-state index in [1.54, 1.807) is 12.3 Å². The van der Waals surface area contributed by atoms with Gasteiger partial charge in [0.25, 0.3) is 0 Å². The molecule has 16 heavy (non-hydrogen) atoms. The highest BCUT2D eigenvalue weighted by atomic mass is 32.2. The Labute approximate surface area is 100 Å². The molecular weight excluding hydrogens is 248 g/mol. The van der Waals surface area contributed by atoms with Gasteiger partial charge in [-0.3, -0.25) is 14.3 Å². The summed E-state index contributed by atoms with van der Waals surface area (Å²) in [6.07, 6.45) is 1.66. The van der Waals surface area contributed by atoms with Gasteiger partial charge in [-0.25, -0.2) is 0 Å². The first kappa shape index (κ1) is 13.3. The predicted molar refractivity (Wildman–Crippen MR) is 66.2 cm³/mol. The number of nitro groups is 1. The third-order valence-corrected chi connectivity index (χ3v) is 3.94. The first-order valence-electron chi connectivity index (χ1n) is 4.75. The highest BCUT2D eigenvalue weighted by Crippen LogP contribution is 2.23. The van der Waals surface area contributed by atoms with Gasteiger partial charge in [-0.1, -0.05) is 11.3 Å². The van der Waals surface area contributed by atoms with Gasteiger partial charge in [0.1, 0.15) is 0 Å². The highest BCUT2D eigenvalue weighted by molar-refractivity contribution is 7.84. The van der Waals surface area contributed by atoms with E-state index in [0.717, 1.165) is 16.2 Å². The molecule has 0 aliphatic rings. The summed E-state index contributed by atoms with van der Waals surface area (Å²) in [4.78, 5) is 11.0. The quantitative estimate of drug-likeness (QED) is 0.623. The van der Waals surface area contributed by atoms with Gasteiger partial charge in [-0.15, -0.1) is 0 Å². The minimum absolute atomic E-state index is 0.145. The SMILES string of the molecule is CC(CS(C)=O)NCc1ccc([N+](=O)[O-])s1. The Balaban J connectivity index is 2.42. The molecule has 90 valence electrons. The number of nitrogens with zero attached hydrogens (tertiary/aromatic N) is 1. The van der Waals surface area contributed by atoms with E-state index in [9.17, 15) is 14.3 Å². The van der Waals surface area contributed by atoms with Crippen molar-refractivity contribution >= 4 is 27.1 Å². The number of hydrogen-bond acceptors (Lipinski definition) is 5. The van der Waals surface area contributed by atoms with E-state index in [1.807, 2.05) is 6.92 Å². The third-order valence-electron chi connectivity index (χ3n) is 1.94. The topological polar surface area (TPSA) is 72.2 Å². The van der Waals surface area contributed by atoms with E-state index < -0.39 is 15.7 Å². The van der Waals surface area contributed by atoms with Crippen molar-refractivity contribution in [3.8, 4) is 0 Å². The van der Waals surface area contributed by atoms with Crippen LogP contribution in [0.25, 0.3) is 0 Å². The largest absolute Gasteiger partial charge is 0.324 e. The van der Waals surface area contributed by atoms with E-state index in [1.165, 1.54) is 6.07 Å². The molecule has 0 aliphatic carbocycles. The lowest BCUT2D eigenvalue weighted by Gasteiger charge is -2.10. The number of hydrogen-bond donors (Lipinski definition) is 1. The maximum absolute atomic E-state index is 10.9. The van der Waals surface area contributed by atoms with Crippen LogP contribution in [-0.2, 0) is 17.3 Å². The molecule has 7 heteroatoms. The van der Waals surface area contributed by atoms with Crippen molar-refractivity contribution in [3.63, 3.8) is 0 Å². The van der Waals surface area contributed by atoms with E-state index in [4.69, 9.17) is 0 Å². The monoisotopic (exact) mass is 262 g/mol. The number of thiophene rings is 1. The maximum atomic E-state index is 10.9. The van der Waals surface area contributed by atoms with Crippen molar-refractivity contribution in [1.82, 2.24) is 5.32 Å². The normalized spacial score (nSPS) is 14.6. The number of rotatable bonds is 6. The molecule has 0 fully saturated rings. The fraction of sp³-hybridized carbons (Fsp3) is 0.556. The first-order chi connectivity index (χ1) is 7.49. The minimum Gasteiger partial charge on any atom is -0.308 e. The van der Waals surface area contributed by atoms with Crippen LogP contribution in [0.5, 0.6) is 0 Å². The molecule has 1 rings (SSSR count). The lowest BCUT2D eigenvalue weighted by molar-refractivity contribution is -0.380. The fourth-order valence-corrected chi connectivity index (χ4v) is 2.84. The Kier molecular flexibility index (Phi) is 5.04. The molecule has 0 spiro atoms. The molecular formula is C9H14N2O3S2. The zero-order valence-corrected chi connectivity index (χ0v) is 10.8. The molecule has 0 saturated carbocycles. The standard InChI is InChI=1S/C9H14N2O3S2/c1-7(6-16(2)14)10-5-8-3-4-9(15-8)11(12)13/h3-4,7,10H,5-6H2,1-2H3. The van der Waals surface area contributed by atoms with Gasteiger partial charge in [0, 0.05) is 46.3 Å². The molecule has 2 atom stereocenters. The van der Waals surface area contributed by atoms with E-state index in [0.29, 0.717) is 12.3 Å². The Morgan fingerprint density at radius 1 is 1.62 bits per heavy atom. The van der Waals surface area contributed by atoms with E-state index >= 15 is 0 Å². The summed E-state index contributed by atoms with van der Waals surface area (Å²) in [5, 5.41) is 13.8. The molecule has 0 bridgehead atoms. The molecule has 0 amide bonds. The summed E-state index contributed by atoms with van der Waals surface area (Å²) >= 11 is 1.16. The molecule has 0 aromatic carbocycles. The van der Waals surface area contributed by atoms with Crippen molar-refractivity contribution in [2.75, 3.05) is 12.0 Å². The van der Waals surface area contributed by atoms with Crippen molar-refractivity contribution < 1.29 is 9.13 Å². The fourth-order valence-electron chi connectivity index (χ4n) is 1.25. The second-order valence-electron chi connectivity index (χ2n) is 3.52. The van der Waals surface area contributed by atoms with Crippen molar-refractivity contribution in [2.45, 2.75) is 19.5 Å². The predicted octanol–water partition coefficient (Wildman–Crippen LogP) is 1.51. The van der Waals surface area contributed by atoms with Crippen LogP contribution >= 0.6 is 11.3 Å². The van der Waals surface area contributed by atoms with Crippen LogP contribution in [0.15, 0.2) is 12.1 Å². The summed E-state index contributed by atoms with van der Waals surface area (Å²) < 4.78 is 10.9. The van der Waals surface area contributed by atoms with Crippen LogP contribution in [0.2, 0.25) is 0 Å². The molecule has 5 nitrogen and oxygen atoms in total. The summed E-state index contributed by atoms with van der Waals surface area (Å²) in [5.74, 6) is 0.591. The molecule has 0 aliphatic heterocycles. The lowest BCUT2D eigenvalue weighted by atomic mass is 10.3. The molecule has 1 aromatic rings. The second kappa shape index (κ2) is 6.07. The van der Waals surface area contributed by atoms with Crippen molar-refractivity contribution in [3.05, 3.63) is 27.1 Å². The average molecular weight is 262 g/mol. The molecule has 1 heterocycles. The molecule has 1 aromatic heterocycles. The molecule has 2 unspecified atom stereocenters. The second-order valence-corrected chi connectivity index (χ2v) is 6.15. The van der Waals surface area contributed by atoms with Gasteiger partial charge in [-0.05, 0) is 13.0 Å². The van der Waals surface area contributed by atoms with Crippen molar-refractivity contribution in [2.24, 2.45) is 0 Å². The Bertz CT molecular complexity index is 392. The summed E-state index contributed by atoms with van der Waals surface area (Å²) in [5.41, 5.74) is 0. The Morgan fingerprint density at radius 2 is 2.31 bits per heavy atom. The number of nitrogens with one attached hydrogen (secondary N) is 1. The summed E-state index contributed by atoms with van der Waals surface area (Å²) in [7, 11) is -0.823. The zero-order chi connectivity index (χ0) is 12.1. The minimum atomic E-state index is -0.823. The van der Waals surface area contributed by atoms with Gasteiger partial charge in [0.05, 0.1) is 4.92 Å². The maximum Gasteiger partial charge on any atom is 0.324 e. The van der Waals surface area contributed by atoms with E-state index in [2.05, 4.69) is 5.32 Å². The van der Waals surface area contributed by atoms with Crippen LogP contribution in [0, 0.1) is 10.1 Å². The third kappa shape index (κ3) is 4.38. The zero-order valence-electron chi connectivity index (χ0n) is 9.13. The highest BCUT2D eigenvalue weighted by Gasteiger charge is 2.10. The summed E-state index contributed by atoms with van der Waals surface area (Å²) in [6.45, 7) is 2.53. The van der Waals surface area contributed by atoms with Gasteiger partial charge in [0.2, 0.25) is 0 Å². The molecule has 1 N–H and O–H groups in total. The van der Waals surface area contributed by atoms with Crippen LogP contribution in [0.1, 0.15) is 11.8 Å². The van der Waals surface area contributed by atoms with Gasteiger partial charge in [-0.2, -0.15) is 0 Å². The van der Waals surface area contributed by atoms with Crippen LogP contribution in [0.4, 0.5) is 5.00 Å². The lowest BCUT2D eigenvalue weighted by Crippen LogP contribution is -2.30. The van der Waals surface area contributed by atoms with E-state index in [-0.39, 0.29) is 11.0 Å². The smallest absolute Gasteiger partial charge is 0.308 e. The van der Waals surface area contributed by atoms with Crippen LogP contribution in [0.3, 0.4) is 0 Å². The molecule has 0 saturated heterocycles. The van der Waals surface area contributed by atoms with Crippen LogP contribution < -0.4 is 5.32 Å². The van der Waals surface area contributed by atoms with Gasteiger partial charge in [0.15, 0.2) is 0 Å². The van der Waals surface area contributed by atoms with Crippen molar-refractivity contribution in [1.29, 1.82) is 0 Å². The Hall–Kier alpha value is -0.790. The van der Waals surface area contributed by atoms with Gasteiger partial charge >= 0.3 is 5.00 Å². The Morgan fingerprint density at radius 3 is 2.81 bits per heavy atom. The summed E-state index contributed by atoms with van der Waals surface area (Å²) in [6, 6.07) is 3.39.